The average molecular weight is 229 g/mol. The van der Waals surface area contributed by atoms with Crippen LogP contribution in [0.3, 0.4) is 0 Å². The predicted molar refractivity (Wildman–Crippen MR) is 56.3 cm³/mol. The molecule has 0 aromatic heterocycles. The summed E-state index contributed by atoms with van der Waals surface area (Å²) in [5.74, 6) is 0. The molecule has 3 heteroatoms. The van der Waals surface area contributed by atoms with Crippen LogP contribution in [0.15, 0.2) is 37.0 Å². The predicted octanol–water partition coefficient (Wildman–Crippen LogP) is 1.71. The van der Waals surface area contributed by atoms with Crippen LogP contribution >= 0.6 is 0 Å². The maximum atomic E-state index is 10.5. The molecule has 1 atom stereocenters. The number of carbonyl (C=O) groups excluding carboxylic acids is 1. The minimum Gasteiger partial charge on any atom is -0.540 e. The van der Waals surface area contributed by atoms with Crippen molar-refractivity contribution in [2.75, 3.05) is 14.1 Å². The van der Waals surface area contributed by atoms with E-state index in [1.54, 1.807) is 12.2 Å². The molecule has 0 amide bonds. The SMILES string of the molecule is C=C/C=C(\C=C)C[C@@H]([C-]=O)N(C)C.[V]. The van der Waals surface area contributed by atoms with Crippen LogP contribution in [0, 0.1) is 0 Å². The Bertz CT molecular complexity index is 221. The number of likely N-dealkylation sites (N-methyl/N-ethyl adjacent to an activating group) is 1. The quantitative estimate of drug-likeness (QED) is 0.510. The Labute approximate surface area is 98.2 Å². The van der Waals surface area contributed by atoms with Crippen LogP contribution in [0.25, 0.3) is 0 Å². The smallest absolute Gasteiger partial charge is 0 e. The fourth-order valence-electron chi connectivity index (χ4n) is 0.924. The fourth-order valence-corrected chi connectivity index (χ4v) is 0.924. The molecule has 0 rings (SSSR count). The second-order valence-electron chi connectivity index (χ2n) is 2.98. The van der Waals surface area contributed by atoms with Crippen LogP contribution in [-0.2, 0) is 23.4 Å². The van der Waals surface area contributed by atoms with Gasteiger partial charge in [-0.05, 0) is 26.1 Å². The van der Waals surface area contributed by atoms with Crippen LogP contribution in [0.1, 0.15) is 6.42 Å². The summed E-state index contributed by atoms with van der Waals surface area (Å²) >= 11 is 0. The molecule has 0 heterocycles. The zero-order valence-electron chi connectivity index (χ0n) is 8.73. The number of hydrogen-bond acceptors (Lipinski definition) is 2. The molecule has 0 aliphatic heterocycles. The van der Waals surface area contributed by atoms with Crippen LogP contribution in [-0.4, -0.2) is 31.3 Å². The normalized spacial score (nSPS) is 12.9. The van der Waals surface area contributed by atoms with Gasteiger partial charge in [0.1, 0.15) is 0 Å². The maximum absolute atomic E-state index is 10.5. The summed E-state index contributed by atoms with van der Waals surface area (Å²) < 4.78 is 0. The molecule has 0 spiro atoms. The van der Waals surface area contributed by atoms with E-state index < -0.39 is 0 Å². The minimum atomic E-state index is -0.204. The van der Waals surface area contributed by atoms with Crippen molar-refractivity contribution in [2.24, 2.45) is 0 Å². The zero-order valence-corrected chi connectivity index (χ0v) is 10.1. The van der Waals surface area contributed by atoms with Crippen molar-refractivity contribution >= 4 is 6.29 Å². The Morgan fingerprint density at radius 1 is 1.50 bits per heavy atom. The minimum absolute atomic E-state index is 0. The molecule has 0 fully saturated rings. The summed E-state index contributed by atoms with van der Waals surface area (Å²) in [5, 5.41) is 0. The van der Waals surface area contributed by atoms with E-state index in [1.165, 1.54) is 0 Å². The van der Waals surface area contributed by atoms with Crippen molar-refractivity contribution < 1.29 is 23.4 Å². The van der Waals surface area contributed by atoms with Crippen LogP contribution in [0.2, 0.25) is 0 Å². The molecule has 14 heavy (non-hydrogen) atoms. The summed E-state index contributed by atoms with van der Waals surface area (Å²) in [6.07, 6.45) is 7.88. The molecule has 1 radical (unpaired) electrons. The number of rotatable bonds is 6. The molecule has 0 bridgehead atoms. The van der Waals surface area contributed by atoms with Crippen molar-refractivity contribution in [3.05, 3.63) is 37.0 Å². The summed E-state index contributed by atoms with van der Waals surface area (Å²) in [7, 11) is 3.70. The largest absolute Gasteiger partial charge is 0.540 e. The van der Waals surface area contributed by atoms with E-state index in [4.69, 9.17) is 0 Å². The van der Waals surface area contributed by atoms with Gasteiger partial charge in [0.15, 0.2) is 0 Å². The van der Waals surface area contributed by atoms with Gasteiger partial charge in [0.2, 0.25) is 0 Å². The number of hydrogen-bond donors (Lipinski definition) is 0. The van der Waals surface area contributed by atoms with Gasteiger partial charge in [-0.15, -0.1) is 0 Å². The molecule has 0 saturated heterocycles. The molecule has 2 nitrogen and oxygen atoms in total. The third kappa shape index (κ3) is 5.98. The van der Waals surface area contributed by atoms with E-state index >= 15 is 0 Å². The second kappa shape index (κ2) is 9.01. The van der Waals surface area contributed by atoms with Crippen molar-refractivity contribution in [1.29, 1.82) is 0 Å². The topological polar surface area (TPSA) is 20.3 Å². The number of allylic oxidation sites excluding steroid dienone is 3. The Morgan fingerprint density at radius 2 is 2.07 bits per heavy atom. The Balaban J connectivity index is 0. The molecule has 0 aromatic carbocycles. The summed E-state index contributed by atoms with van der Waals surface area (Å²) in [6.45, 7) is 7.25. The van der Waals surface area contributed by atoms with Crippen molar-refractivity contribution in [1.82, 2.24) is 4.90 Å². The van der Waals surface area contributed by atoms with Gasteiger partial charge >= 0.3 is 0 Å². The summed E-state index contributed by atoms with van der Waals surface area (Å²) in [4.78, 5) is 12.4. The van der Waals surface area contributed by atoms with Gasteiger partial charge in [-0.1, -0.05) is 37.4 Å². The van der Waals surface area contributed by atoms with E-state index in [2.05, 4.69) is 13.2 Å². The average Bonchev–Trinajstić information content (AvgIpc) is 2.11. The van der Waals surface area contributed by atoms with Crippen molar-refractivity contribution in [2.45, 2.75) is 12.5 Å². The van der Waals surface area contributed by atoms with Gasteiger partial charge in [-0.3, -0.25) is 0 Å². The molecule has 0 unspecified atom stereocenters. The summed E-state index contributed by atoms with van der Waals surface area (Å²) in [6, 6.07) is -0.204. The molecule has 0 N–H and O–H groups in total. The van der Waals surface area contributed by atoms with Gasteiger partial charge in [0.05, 0.1) is 0 Å². The molecule has 77 valence electrons. The van der Waals surface area contributed by atoms with E-state index in [9.17, 15) is 4.79 Å². The number of nitrogens with zero attached hydrogens (tertiary/aromatic N) is 1. The summed E-state index contributed by atoms with van der Waals surface area (Å²) in [5.41, 5.74) is 0.997. The van der Waals surface area contributed by atoms with Gasteiger partial charge in [-0.25, -0.2) is 6.29 Å². The van der Waals surface area contributed by atoms with Crippen LogP contribution in [0.4, 0.5) is 0 Å². The van der Waals surface area contributed by atoms with Gasteiger partial charge in [0, 0.05) is 18.6 Å². The first-order chi connectivity index (χ1) is 6.15. The fraction of sp³-hybridized carbons (Fsp3) is 0.364. The van der Waals surface area contributed by atoms with Crippen molar-refractivity contribution in [3.63, 3.8) is 0 Å². The Morgan fingerprint density at radius 3 is 2.36 bits per heavy atom. The van der Waals surface area contributed by atoms with Crippen LogP contribution < -0.4 is 0 Å². The molecular formula is C11H16NOV-. The van der Waals surface area contributed by atoms with E-state index in [1.807, 2.05) is 31.4 Å². The van der Waals surface area contributed by atoms with E-state index in [0.29, 0.717) is 6.42 Å². The second-order valence-corrected chi connectivity index (χ2v) is 2.98. The molecule has 0 aliphatic rings. The van der Waals surface area contributed by atoms with Crippen molar-refractivity contribution in [3.8, 4) is 0 Å². The van der Waals surface area contributed by atoms with Gasteiger partial charge < -0.3 is 9.69 Å². The van der Waals surface area contributed by atoms with Gasteiger partial charge in [0.25, 0.3) is 0 Å². The molecular weight excluding hydrogens is 213 g/mol. The standard InChI is InChI=1S/C11H16NO.V/c1-5-7-10(6-2)8-11(9-13)12(3)4;/h5-7,11H,1-2,8H2,3-4H3;/q-1;/b10-7+;/t11-;/m0./s1. The first-order valence-electron chi connectivity index (χ1n) is 4.13. The molecule has 0 saturated carbocycles. The zero-order chi connectivity index (χ0) is 10.3. The first-order valence-corrected chi connectivity index (χ1v) is 4.13. The van der Waals surface area contributed by atoms with Gasteiger partial charge in [-0.2, -0.15) is 0 Å². The first kappa shape index (κ1) is 15.9. The Hall–Kier alpha value is -0.566. The third-order valence-corrected chi connectivity index (χ3v) is 1.78. The Kier molecular flexibility index (Phi) is 10.2. The van der Waals surface area contributed by atoms with Crippen LogP contribution in [0.5, 0.6) is 0 Å². The molecule has 0 aliphatic carbocycles. The monoisotopic (exact) mass is 229 g/mol. The van der Waals surface area contributed by atoms with E-state index in [-0.39, 0.29) is 24.6 Å². The van der Waals surface area contributed by atoms with E-state index in [0.717, 1.165) is 5.57 Å². The third-order valence-electron chi connectivity index (χ3n) is 1.78. The molecule has 0 aromatic rings. The maximum Gasteiger partial charge on any atom is 0 e.